The van der Waals surface area contributed by atoms with E-state index >= 15 is 0 Å². The van der Waals surface area contributed by atoms with Crippen LogP contribution in [0.5, 0.6) is 5.75 Å². The number of phenolic OH excluding ortho intramolecular Hbond substituents is 1. The highest BCUT2D eigenvalue weighted by Gasteiger charge is 2.13. The molecule has 1 amide bonds. The number of carbonyl (C=O) groups is 1. The fourth-order valence-corrected chi connectivity index (χ4v) is 2.14. The first-order valence-electron chi connectivity index (χ1n) is 7.49. The predicted molar refractivity (Wildman–Crippen MR) is 88.9 cm³/mol. The molecule has 0 atom stereocenters. The second kappa shape index (κ2) is 6.95. The van der Waals surface area contributed by atoms with Crippen molar-refractivity contribution in [3.8, 4) is 17.1 Å². The molecule has 3 rings (SSSR count). The first-order chi connectivity index (χ1) is 12.1. The lowest BCUT2D eigenvalue weighted by molar-refractivity contribution is 0.0950. The molecule has 0 bridgehead atoms. The van der Waals surface area contributed by atoms with Crippen LogP contribution in [0.15, 0.2) is 34.9 Å². The Bertz CT molecular complexity index is 908. The van der Waals surface area contributed by atoms with Gasteiger partial charge in [-0.1, -0.05) is 17.3 Å². The number of para-hydroxylation sites is 1. The predicted octanol–water partition coefficient (Wildman–Crippen LogP) is 1.51. The number of nitrogens with one attached hydrogen (secondary N) is 2. The van der Waals surface area contributed by atoms with Crippen LogP contribution in [0.25, 0.3) is 11.4 Å². The van der Waals surface area contributed by atoms with Gasteiger partial charge in [-0.25, -0.2) is 9.97 Å². The number of nitrogens with zero attached hydrogens (tertiary/aromatic N) is 4. The summed E-state index contributed by atoms with van der Waals surface area (Å²) in [6, 6.07) is 8.59. The summed E-state index contributed by atoms with van der Waals surface area (Å²) in [6.45, 7) is 2.02. The highest BCUT2D eigenvalue weighted by Crippen LogP contribution is 2.26. The topological polar surface area (TPSA) is 126 Å². The molecule has 9 heteroatoms. The van der Waals surface area contributed by atoms with Gasteiger partial charge >= 0.3 is 0 Å². The molecule has 2 heterocycles. The van der Waals surface area contributed by atoms with Crippen molar-refractivity contribution >= 4 is 11.7 Å². The first kappa shape index (κ1) is 16.4. The maximum atomic E-state index is 11.4. The number of aromatic hydroxyl groups is 1. The average molecular weight is 340 g/mol. The van der Waals surface area contributed by atoms with Crippen LogP contribution in [0.2, 0.25) is 0 Å². The molecule has 0 fully saturated rings. The lowest BCUT2D eigenvalue weighted by atomic mass is 10.2. The number of anilines is 1. The monoisotopic (exact) mass is 340 g/mol. The maximum absolute atomic E-state index is 11.4. The normalized spacial score (nSPS) is 10.5. The largest absolute Gasteiger partial charge is 0.507 e. The van der Waals surface area contributed by atoms with E-state index in [2.05, 4.69) is 30.7 Å². The molecule has 1 aromatic carbocycles. The molecule has 9 nitrogen and oxygen atoms in total. The SMILES string of the molecule is CNC(=O)c1noc(CNc2cc(C)nc(-c3ccccc3O)n2)n1. The van der Waals surface area contributed by atoms with Crippen molar-refractivity contribution in [2.24, 2.45) is 0 Å². The van der Waals surface area contributed by atoms with Gasteiger partial charge in [0.2, 0.25) is 5.89 Å². The highest BCUT2D eigenvalue weighted by molar-refractivity contribution is 5.89. The van der Waals surface area contributed by atoms with Crippen LogP contribution >= 0.6 is 0 Å². The Balaban J connectivity index is 1.78. The molecule has 0 saturated heterocycles. The minimum absolute atomic E-state index is 0.0342. The number of aryl methyl sites for hydroxylation is 1. The van der Waals surface area contributed by atoms with Crippen molar-refractivity contribution in [2.75, 3.05) is 12.4 Å². The molecule has 3 N–H and O–H groups in total. The Kier molecular flexibility index (Phi) is 4.55. The second-order valence-electron chi connectivity index (χ2n) is 5.18. The van der Waals surface area contributed by atoms with Crippen LogP contribution < -0.4 is 10.6 Å². The number of benzene rings is 1. The number of aromatic nitrogens is 4. The van der Waals surface area contributed by atoms with Gasteiger partial charge in [-0.05, 0) is 19.1 Å². The lowest BCUT2D eigenvalue weighted by Gasteiger charge is -2.08. The Labute approximate surface area is 143 Å². The fourth-order valence-electron chi connectivity index (χ4n) is 2.14. The van der Waals surface area contributed by atoms with Crippen molar-refractivity contribution < 1.29 is 14.4 Å². The van der Waals surface area contributed by atoms with Crippen molar-refractivity contribution in [3.63, 3.8) is 0 Å². The zero-order valence-corrected chi connectivity index (χ0v) is 13.6. The van der Waals surface area contributed by atoms with E-state index in [0.717, 1.165) is 5.69 Å². The average Bonchev–Trinajstić information content (AvgIpc) is 3.08. The Morgan fingerprint density at radius 1 is 1.24 bits per heavy atom. The van der Waals surface area contributed by atoms with Crippen LogP contribution in [-0.2, 0) is 6.54 Å². The van der Waals surface area contributed by atoms with Gasteiger partial charge < -0.3 is 20.3 Å². The third-order valence-corrected chi connectivity index (χ3v) is 3.32. The van der Waals surface area contributed by atoms with Crippen molar-refractivity contribution in [2.45, 2.75) is 13.5 Å². The summed E-state index contributed by atoms with van der Waals surface area (Å²) in [7, 11) is 1.49. The summed E-state index contributed by atoms with van der Waals surface area (Å²) in [5.74, 6) is 0.829. The van der Waals surface area contributed by atoms with Gasteiger partial charge in [-0.3, -0.25) is 4.79 Å². The van der Waals surface area contributed by atoms with E-state index in [0.29, 0.717) is 17.2 Å². The van der Waals surface area contributed by atoms with Crippen LogP contribution in [-0.4, -0.2) is 38.2 Å². The van der Waals surface area contributed by atoms with E-state index in [9.17, 15) is 9.90 Å². The van der Waals surface area contributed by atoms with E-state index in [1.165, 1.54) is 7.05 Å². The molecular formula is C16H16N6O3. The van der Waals surface area contributed by atoms with Gasteiger partial charge in [-0.15, -0.1) is 0 Å². The molecule has 0 unspecified atom stereocenters. The van der Waals surface area contributed by atoms with Gasteiger partial charge in [0, 0.05) is 18.8 Å². The zero-order valence-electron chi connectivity index (χ0n) is 13.6. The van der Waals surface area contributed by atoms with Crippen molar-refractivity contribution in [1.29, 1.82) is 0 Å². The minimum atomic E-state index is -0.422. The van der Waals surface area contributed by atoms with Gasteiger partial charge in [0.15, 0.2) is 5.82 Å². The van der Waals surface area contributed by atoms with Crippen molar-refractivity contribution in [1.82, 2.24) is 25.4 Å². The maximum Gasteiger partial charge on any atom is 0.292 e. The van der Waals surface area contributed by atoms with E-state index in [-0.39, 0.29) is 24.0 Å². The number of rotatable bonds is 5. The van der Waals surface area contributed by atoms with Crippen LogP contribution in [0.1, 0.15) is 22.2 Å². The summed E-state index contributed by atoms with van der Waals surface area (Å²) in [5.41, 5.74) is 1.27. The number of phenols is 1. The smallest absolute Gasteiger partial charge is 0.292 e. The highest BCUT2D eigenvalue weighted by atomic mass is 16.5. The molecule has 25 heavy (non-hydrogen) atoms. The standard InChI is InChI=1S/C16H16N6O3/c1-9-7-12(18-8-13-21-15(22-25-13)16(24)17-2)20-14(19-9)10-5-3-4-6-11(10)23/h3-7,23H,8H2,1-2H3,(H,17,24)(H,18,19,20). The molecule has 0 spiro atoms. The van der Waals surface area contributed by atoms with Crippen molar-refractivity contribution in [3.05, 3.63) is 47.7 Å². The minimum Gasteiger partial charge on any atom is -0.507 e. The van der Waals surface area contributed by atoms with E-state index in [4.69, 9.17) is 4.52 Å². The summed E-state index contributed by atoms with van der Waals surface area (Å²) in [6.07, 6.45) is 0. The number of carbonyl (C=O) groups excluding carboxylic acids is 1. The molecular weight excluding hydrogens is 324 g/mol. The van der Waals surface area contributed by atoms with Gasteiger partial charge in [-0.2, -0.15) is 4.98 Å². The number of hydrogen-bond acceptors (Lipinski definition) is 8. The first-order valence-corrected chi connectivity index (χ1v) is 7.49. The molecule has 3 aromatic rings. The zero-order chi connectivity index (χ0) is 17.8. The van der Waals surface area contributed by atoms with Gasteiger partial charge in [0.25, 0.3) is 11.7 Å². The molecule has 2 aromatic heterocycles. The number of hydrogen-bond donors (Lipinski definition) is 3. The molecule has 0 radical (unpaired) electrons. The Hall–Kier alpha value is -3.49. The molecule has 0 saturated carbocycles. The van der Waals surface area contributed by atoms with Gasteiger partial charge in [0.05, 0.1) is 12.1 Å². The summed E-state index contributed by atoms with van der Waals surface area (Å²) in [4.78, 5) is 24.1. The second-order valence-corrected chi connectivity index (χ2v) is 5.18. The fraction of sp³-hybridized carbons (Fsp3) is 0.188. The van der Waals surface area contributed by atoms with E-state index in [1.807, 2.05) is 6.92 Å². The van der Waals surface area contributed by atoms with Crippen LogP contribution in [0, 0.1) is 6.92 Å². The summed E-state index contributed by atoms with van der Waals surface area (Å²) >= 11 is 0. The molecule has 0 aliphatic carbocycles. The van der Waals surface area contributed by atoms with E-state index < -0.39 is 5.91 Å². The third kappa shape index (κ3) is 3.71. The molecule has 0 aliphatic heterocycles. The van der Waals surface area contributed by atoms with Gasteiger partial charge in [0.1, 0.15) is 11.6 Å². The van der Waals surface area contributed by atoms with Crippen LogP contribution in [0.3, 0.4) is 0 Å². The Morgan fingerprint density at radius 3 is 2.80 bits per heavy atom. The Morgan fingerprint density at radius 2 is 2.04 bits per heavy atom. The van der Waals surface area contributed by atoms with E-state index in [1.54, 1.807) is 30.3 Å². The quantitative estimate of drug-likeness (QED) is 0.638. The van der Waals surface area contributed by atoms with Crippen LogP contribution in [0.4, 0.5) is 5.82 Å². The molecule has 128 valence electrons. The summed E-state index contributed by atoms with van der Waals surface area (Å²) in [5, 5.41) is 19.0. The third-order valence-electron chi connectivity index (χ3n) is 3.32. The number of amides is 1. The summed E-state index contributed by atoms with van der Waals surface area (Å²) < 4.78 is 5.01. The molecule has 0 aliphatic rings. The lowest BCUT2D eigenvalue weighted by Crippen LogP contribution is -2.19.